The highest BCUT2D eigenvalue weighted by Crippen LogP contribution is 2.43. The lowest BCUT2D eigenvalue weighted by Gasteiger charge is -2.24. The van der Waals surface area contributed by atoms with Gasteiger partial charge in [-0.05, 0) is 100 Å². The zero-order valence-corrected chi connectivity index (χ0v) is 24.2. The number of nitrogens with zero attached hydrogens (tertiary/aromatic N) is 10. The second-order valence-electron chi connectivity index (χ2n) is 10.0. The highest BCUT2D eigenvalue weighted by Gasteiger charge is 2.26. The summed E-state index contributed by atoms with van der Waals surface area (Å²) in [6.07, 6.45) is 6.50. The molecule has 0 atom stereocenters. The van der Waals surface area contributed by atoms with Crippen LogP contribution in [0.4, 0.5) is 5.69 Å². The maximum Gasteiger partial charge on any atom is 0.173 e. The first-order chi connectivity index (χ1) is 20.9. The molecule has 0 unspecified atom stereocenters. The van der Waals surface area contributed by atoms with Gasteiger partial charge in [-0.1, -0.05) is 38.0 Å². The fourth-order valence-corrected chi connectivity index (χ4v) is 4.69. The van der Waals surface area contributed by atoms with Crippen molar-refractivity contribution in [2.45, 2.75) is 46.0 Å². The molecule has 5 rings (SSSR count). The lowest BCUT2D eigenvalue weighted by molar-refractivity contribution is 0.458. The third-order valence-electron chi connectivity index (χ3n) is 6.93. The van der Waals surface area contributed by atoms with Gasteiger partial charge in [-0.3, -0.25) is 0 Å². The van der Waals surface area contributed by atoms with Crippen molar-refractivity contribution in [1.82, 2.24) is 40.6 Å². The van der Waals surface area contributed by atoms with Crippen molar-refractivity contribution >= 4 is 18.1 Å². The Bertz CT molecular complexity index is 1640. The molecule has 0 aliphatic carbocycles. The van der Waals surface area contributed by atoms with Crippen LogP contribution in [0.5, 0.6) is 11.5 Å². The number of phenolic OH excluding ortho intramolecular Hbond substituents is 2. The summed E-state index contributed by atoms with van der Waals surface area (Å²) in [7, 11) is 0. The van der Waals surface area contributed by atoms with Crippen molar-refractivity contribution in [3.8, 4) is 11.5 Å². The molecule has 0 fully saturated rings. The zero-order chi connectivity index (χ0) is 30.2. The van der Waals surface area contributed by atoms with Gasteiger partial charge in [0, 0.05) is 29.3 Å². The molecule has 0 spiro atoms. The van der Waals surface area contributed by atoms with E-state index in [4.69, 9.17) is 0 Å². The van der Waals surface area contributed by atoms with E-state index < -0.39 is 5.92 Å². The van der Waals surface area contributed by atoms with Crippen LogP contribution in [0.25, 0.3) is 0 Å². The highest BCUT2D eigenvalue weighted by atomic mass is 16.3. The fourth-order valence-electron chi connectivity index (χ4n) is 4.69. The Kier molecular flexibility index (Phi) is 9.10. The van der Waals surface area contributed by atoms with E-state index in [1.807, 2.05) is 36.4 Å². The summed E-state index contributed by atoms with van der Waals surface area (Å²) in [5, 5.41) is 57.4. The molecule has 13 nitrogen and oxygen atoms in total. The number of hydrogen-bond acceptors (Lipinski definition) is 11. The lowest BCUT2D eigenvalue weighted by atomic mass is 9.82. The summed E-state index contributed by atoms with van der Waals surface area (Å²) in [6, 6.07) is 18.4. The molecule has 0 aliphatic rings. The van der Waals surface area contributed by atoms with E-state index in [9.17, 15) is 10.2 Å². The van der Waals surface area contributed by atoms with Gasteiger partial charge in [-0.2, -0.15) is 10.2 Å². The summed E-state index contributed by atoms with van der Waals surface area (Å²) >= 11 is 0. The van der Waals surface area contributed by atoms with Crippen LogP contribution in [0, 0.1) is 13.8 Å². The smallest absolute Gasteiger partial charge is 0.173 e. The van der Waals surface area contributed by atoms with Crippen molar-refractivity contribution in [1.29, 1.82) is 0 Å². The third-order valence-corrected chi connectivity index (χ3v) is 6.93. The van der Waals surface area contributed by atoms with E-state index >= 15 is 0 Å². The number of aryl methyl sites for hydroxylation is 2. The van der Waals surface area contributed by atoms with E-state index in [2.05, 4.69) is 53.5 Å². The fraction of sp³-hybridized carbons (Fsp3) is 0.267. The Morgan fingerprint density at radius 2 is 1.33 bits per heavy atom. The Hall–Kier alpha value is -5.46. The number of aromatic hydroxyl groups is 2. The van der Waals surface area contributed by atoms with Gasteiger partial charge in [0.2, 0.25) is 0 Å². The van der Waals surface area contributed by atoms with Crippen LogP contribution < -0.4 is 5.32 Å². The van der Waals surface area contributed by atoms with Gasteiger partial charge in [0.05, 0.1) is 12.4 Å². The van der Waals surface area contributed by atoms with Crippen LogP contribution in [0.1, 0.15) is 71.6 Å². The predicted octanol–water partition coefficient (Wildman–Crippen LogP) is 4.23. The largest absolute Gasteiger partial charge is 0.508 e. The molecule has 5 aromatic rings. The van der Waals surface area contributed by atoms with Crippen LogP contribution in [0.3, 0.4) is 0 Å². The zero-order valence-electron chi connectivity index (χ0n) is 24.2. The topological polar surface area (TPSA) is 164 Å². The SMILES string of the molecule is CCCCCNc1ccccc1C(c1cc(C=Nn2nnnc2C)ccc1O)c1cc(C=Nn2nnnc2C)ccc1O. The van der Waals surface area contributed by atoms with Gasteiger partial charge in [0.1, 0.15) is 11.5 Å². The van der Waals surface area contributed by atoms with Gasteiger partial charge in [-0.25, -0.2) is 0 Å². The van der Waals surface area contributed by atoms with Crippen LogP contribution in [-0.2, 0) is 0 Å². The van der Waals surface area contributed by atoms with E-state index in [0.29, 0.717) is 33.9 Å². The van der Waals surface area contributed by atoms with E-state index in [-0.39, 0.29) is 11.5 Å². The van der Waals surface area contributed by atoms with Crippen molar-refractivity contribution in [2.75, 3.05) is 11.9 Å². The Morgan fingerprint density at radius 1 is 0.767 bits per heavy atom. The van der Waals surface area contributed by atoms with Crippen molar-refractivity contribution in [3.05, 3.63) is 100 Å². The average molecular weight is 580 g/mol. The maximum absolute atomic E-state index is 11.2. The van der Waals surface area contributed by atoms with Crippen LogP contribution in [-0.4, -0.2) is 69.8 Å². The van der Waals surface area contributed by atoms with E-state index in [1.54, 1.807) is 50.5 Å². The molecule has 2 heterocycles. The summed E-state index contributed by atoms with van der Waals surface area (Å²) in [5.41, 5.74) is 4.40. The standard InChI is InChI=1S/C30H33N11O2/c1-4-5-8-15-31-27-10-7-6-9-24(27)30(25-16-22(11-13-28(25)42)18-32-40-20(2)34-36-38-40)26-17-23(12-14-29(26)43)19-33-41-21(3)35-37-39-41/h6-7,9-14,16-19,30-31,42-43H,4-5,8,15H2,1-3H3. The number of hydrogen-bond donors (Lipinski definition) is 3. The minimum Gasteiger partial charge on any atom is -0.508 e. The second kappa shape index (κ2) is 13.5. The van der Waals surface area contributed by atoms with Gasteiger partial charge in [0.15, 0.2) is 11.6 Å². The molecule has 0 bridgehead atoms. The second-order valence-corrected chi connectivity index (χ2v) is 10.0. The lowest BCUT2D eigenvalue weighted by Crippen LogP contribution is -2.11. The molecule has 2 aromatic heterocycles. The van der Waals surface area contributed by atoms with Gasteiger partial charge in [0.25, 0.3) is 0 Å². The molecule has 0 amide bonds. The van der Waals surface area contributed by atoms with E-state index in [1.165, 1.54) is 9.58 Å². The Labute approximate surface area is 248 Å². The molecule has 3 aromatic carbocycles. The number of aromatic nitrogens is 8. The molecular formula is C30H33N11O2. The van der Waals surface area contributed by atoms with Crippen molar-refractivity contribution in [3.63, 3.8) is 0 Å². The molecular weight excluding hydrogens is 546 g/mol. The molecule has 220 valence electrons. The Morgan fingerprint density at radius 3 is 1.84 bits per heavy atom. The number of benzene rings is 3. The van der Waals surface area contributed by atoms with Crippen LogP contribution >= 0.6 is 0 Å². The summed E-state index contributed by atoms with van der Waals surface area (Å²) < 4.78 is 0. The predicted molar refractivity (Wildman–Crippen MR) is 163 cm³/mol. The number of unbranched alkanes of at least 4 members (excludes halogenated alkanes) is 2. The molecule has 43 heavy (non-hydrogen) atoms. The number of para-hydroxylation sites is 1. The number of anilines is 1. The van der Waals surface area contributed by atoms with Crippen LogP contribution in [0.2, 0.25) is 0 Å². The minimum absolute atomic E-state index is 0.0734. The first-order valence-corrected chi connectivity index (χ1v) is 14.0. The molecule has 0 saturated heterocycles. The van der Waals surface area contributed by atoms with Crippen LogP contribution in [0.15, 0.2) is 70.9 Å². The summed E-state index contributed by atoms with van der Waals surface area (Å²) in [5.74, 6) is 0.669. The monoisotopic (exact) mass is 579 g/mol. The Balaban J connectivity index is 1.62. The van der Waals surface area contributed by atoms with Crippen molar-refractivity contribution in [2.24, 2.45) is 10.2 Å². The molecule has 3 N–H and O–H groups in total. The highest BCUT2D eigenvalue weighted by molar-refractivity contribution is 5.82. The van der Waals surface area contributed by atoms with Crippen molar-refractivity contribution < 1.29 is 10.2 Å². The number of tetrazole rings is 2. The average Bonchev–Trinajstić information content (AvgIpc) is 3.63. The first kappa shape index (κ1) is 29.0. The number of nitrogens with one attached hydrogen (secondary N) is 1. The first-order valence-electron chi connectivity index (χ1n) is 14.0. The molecule has 0 radical (unpaired) electrons. The minimum atomic E-state index is -0.555. The molecule has 0 saturated carbocycles. The summed E-state index contributed by atoms with van der Waals surface area (Å²) in [6.45, 7) is 6.47. The number of rotatable bonds is 12. The third kappa shape index (κ3) is 6.89. The molecule has 0 aliphatic heterocycles. The normalized spacial score (nSPS) is 12.3. The quantitative estimate of drug-likeness (QED) is 0.111. The van der Waals surface area contributed by atoms with Gasteiger partial charge >= 0.3 is 0 Å². The van der Waals surface area contributed by atoms with Gasteiger partial charge in [-0.15, -0.1) is 19.8 Å². The van der Waals surface area contributed by atoms with Gasteiger partial charge < -0.3 is 15.5 Å². The summed E-state index contributed by atoms with van der Waals surface area (Å²) in [4.78, 5) is 2.64. The van der Waals surface area contributed by atoms with E-state index in [0.717, 1.165) is 37.1 Å². The molecule has 13 heteroatoms. The number of phenols is 2. The maximum atomic E-state index is 11.2.